The van der Waals surface area contributed by atoms with Gasteiger partial charge in [-0.2, -0.15) is 0 Å². The Morgan fingerprint density at radius 3 is 2.60 bits per heavy atom. The number of rotatable bonds is 2. The molecule has 1 heterocycles. The minimum atomic E-state index is 0.0690. The fraction of sp³-hybridized carbons (Fsp3) is 0.417. The van der Waals surface area contributed by atoms with E-state index in [1.165, 1.54) is 0 Å². The molecule has 0 unspecified atom stereocenters. The maximum absolute atomic E-state index is 12.0. The minimum absolute atomic E-state index is 0.0690. The van der Waals surface area contributed by atoms with Gasteiger partial charge < -0.3 is 10.4 Å². The van der Waals surface area contributed by atoms with Gasteiger partial charge in [-0.1, -0.05) is 12.1 Å². The Bertz CT molecular complexity index is 356. The number of nitrogens with one attached hydrogen (secondary N) is 1. The lowest BCUT2D eigenvalue weighted by Crippen LogP contribution is -2.31. The Labute approximate surface area is 89.1 Å². The van der Waals surface area contributed by atoms with Crippen LogP contribution in [0.5, 0.6) is 5.75 Å². The number of phenolic OH excluding ortho intramolecular Hbond substituents is 1. The monoisotopic (exact) mass is 205 g/mol. The predicted molar refractivity (Wildman–Crippen MR) is 58.0 cm³/mol. The third-order valence-electron chi connectivity index (χ3n) is 2.88. The molecule has 0 amide bonds. The van der Waals surface area contributed by atoms with Crippen LogP contribution in [-0.2, 0) is 0 Å². The molecule has 1 aliphatic heterocycles. The second kappa shape index (κ2) is 4.45. The summed E-state index contributed by atoms with van der Waals surface area (Å²) in [6, 6.07) is 6.77. The summed E-state index contributed by atoms with van der Waals surface area (Å²) in [5, 5.41) is 12.8. The number of piperidine rings is 1. The fourth-order valence-corrected chi connectivity index (χ4v) is 1.99. The highest BCUT2D eigenvalue weighted by Crippen LogP contribution is 2.23. The van der Waals surface area contributed by atoms with Gasteiger partial charge in [-0.3, -0.25) is 4.79 Å². The largest absolute Gasteiger partial charge is 0.507 e. The summed E-state index contributed by atoms with van der Waals surface area (Å²) < 4.78 is 0. The molecule has 0 atom stereocenters. The number of aromatic hydroxyl groups is 1. The lowest BCUT2D eigenvalue weighted by atomic mass is 9.89. The average Bonchev–Trinajstić information content (AvgIpc) is 2.30. The van der Waals surface area contributed by atoms with E-state index in [2.05, 4.69) is 5.32 Å². The topological polar surface area (TPSA) is 49.3 Å². The van der Waals surface area contributed by atoms with Gasteiger partial charge in [-0.15, -0.1) is 0 Å². The second-order valence-electron chi connectivity index (χ2n) is 3.91. The van der Waals surface area contributed by atoms with Gasteiger partial charge in [0.1, 0.15) is 5.75 Å². The summed E-state index contributed by atoms with van der Waals surface area (Å²) in [5.41, 5.74) is 0.462. The van der Waals surface area contributed by atoms with Crippen molar-refractivity contribution in [3.05, 3.63) is 29.8 Å². The van der Waals surface area contributed by atoms with Crippen molar-refractivity contribution >= 4 is 5.78 Å². The molecule has 2 rings (SSSR count). The highest BCUT2D eigenvalue weighted by molar-refractivity contribution is 6.00. The summed E-state index contributed by atoms with van der Waals surface area (Å²) in [6.07, 6.45) is 1.74. The number of hydrogen-bond acceptors (Lipinski definition) is 3. The Balaban J connectivity index is 2.16. The first-order valence-corrected chi connectivity index (χ1v) is 5.32. The van der Waals surface area contributed by atoms with Crippen molar-refractivity contribution in [1.29, 1.82) is 0 Å². The lowest BCUT2D eigenvalue weighted by molar-refractivity contribution is 0.0892. The highest BCUT2D eigenvalue weighted by atomic mass is 16.3. The zero-order valence-corrected chi connectivity index (χ0v) is 8.57. The summed E-state index contributed by atoms with van der Waals surface area (Å²) in [5.74, 6) is 0.246. The SMILES string of the molecule is O=C(c1ccccc1O)C1CCNCC1. The molecule has 15 heavy (non-hydrogen) atoms. The lowest BCUT2D eigenvalue weighted by Gasteiger charge is -2.21. The molecule has 0 radical (unpaired) electrons. The molecule has 1 fully saturated rings. The molecule has 0 bridgehead atoms. The number of carbonyl (C=O) groups is 1. The van der Waals surface area contributed by atoms with E-state index in [4.69, 9.17) is 0 Å². The summed E-state index contributed by atoms with van der Waals surface area (Å²) >= 11 is 0. The number of para-hydroxylation sites is 1. The molecule has 3 heteroatoms. The summed E-state index contributed by atoms with van der Waals surface area (Å²) in [4.78, 5) is 12.0. The van der Waals surface area contributed by atoms with Crippen molar-refractivity contribution in [1.82, 2.24) is 5.32 Å². The Kier molecular flexibility index (Phi) is 3.02. The molecular weight excluding hydrogens is 190 g/mol. The van der Waals surface area contributed by atoms with E-state index >= 15 is 0 Å². The van der Waals surface area contributed by atoms with Crippen molar-refractivity contribution < 1.29 is 9.90 Å². The van der Waals surface area contributed by atoms with E-state index < -0.39 is 0 Å². The highest BCUT2D eigenvalue weighted by Gasteiger charge is 2.23. The van der Waals surface area contributed by atoms with Crippen LogP contribution in [0.15, 0.2) is 24.3 Å². The molecule has 0 aromatic heterocycles. The van der Waals surface area contributed by atoms with Gasteiger partial charge in [0.25, 0.3) is 0 Å². The fourth-order valence-electron chi connectivity index (χ4n) is 1.99. The standard InChI is InChI=1S/C12H15NO2/c14-11-4-2-1-3-10(11)12(15)9-5-7-13-8-6-9/h1-4,9,13-14H,5-8H2. The van der Waals surface area contributed by atoms with Gasteiger partial charge in [0.05, 0.1) is 5.56 Å². The number of hydrogen-bond donors (Lipinski definition) is 2. The maximum Gasteiger partial charge on any atom is 0.169 e. The molecule has 0 saturated carbocycles. The quantitative estimate of drug-likeness (QED) is 0.721. The Morgan fingerprint density at radius 2 is 1.93 bits per heavy atom. The van der Waals surface area contributed by atoms with E-state index in [1.807, 2.05) is 0 Å². The van der Waals surface area contributed by atoms with Gasteiger partial charge in [0, 0.05) is 5.92 Å². The predicted octanol–water partition coefficient (Wildman–Crippen LogP) is 1.57. The Morgan fingerprint density at radius 1 is 1.27 bits per heavy atom. The zero-order chi connectivity index (χ0) is 10.7. The van der Waals surface area contributed by atoms with E-state index in [1.54, 1.807) is 24.3 Å². The molecule has 1 aromatic rings. The molecule has 1 aliphatic rings. The number of benzene rings is 1. The van der Waals surface area contributed by atoms with Gasteiger partial charge in [-0.05, 0) is 38.1 Å². The third kappa shape index (κ3) is 2.18. The number of ketones is 1. The minimum Gasteiger partial charge on any atom is -0.507 e. The molecule has 0 spiro atoms. The molecule has 3 nitrogen and oxygen atoms in total. The maximum atomic E-state index is 12.0. The first kappa shape index (κ1) is 10.2. The van der Waals surface area contributed by atoms with Crippen molar-refractivity contribution in [3.63, 3.8) is 0 Å². The van der Waals surface area contributed by atoms with Gasteiger partial charge >= 0.3 is 0 Å². The smallest absolute Gasteiger partial charge is 0.169 e. The van der Waals surface area contributed by atoms with Gasteiger partial charge in [-0.25, -0.2) is 0 Å². The third-order valence-corrected chi connectivity index (χ3v) is 2.88. The van der Waals surface area contributed by atoms with Crippen LogP contribution in [0, 0.1) is 5.92 Å². The van der Waals surface area contributed by atoms with Crippen LogP contribution in [0.4, 0.5) is 0 Å². The second-order valence-corrected chi connectivity index (χ2v) is 3.91. The van der Waals surface area contributed by atoms with E-state index in [0.717, 1.165) is 25.9 Å². The Hall–Kier alpha value is -1.35. The zero-order valence-electron chi connectivity index (χ0n) is 8.57. The van der Waals surface area contributed by atoms with Crippen molar-refractivity contribution in [2.24, 2.45) is 5.92 Å². The van der Waals surface area contributed by atoms with E-state index in [-0.39, 0.29) is 17.5 Å². The van der Waals surface area contributed by atoms with Crippen LogP contribution < -0.4 is 5.32 Å². The number of phenols is 1. The molecular formula is C12H15NO2. The number of Topliss-reactive ketones (excluding diaryl/α,β-unsaturated/α-hetero) is 1. The van der Waals surface area contributed by atoms with Crippen LogP contribution in [0.3, 0.4) is 0 Å². The van der Waals surface area contributed by atoms with Crippen molar-refractivity contribution in [2.75, 3.05) is 13.1 Å². The molecule has 1 aromatic carbocycles. The van der Waals surface area contributed by atoms with Gasteiger partial charge in [0.2, 0.25) is 0 Å². The first-order chi connectivity index (χ1) is 7.29. The van der Waals surface area contributed by atoms with E-state index in [0.29, 0.717) is 5.56 Å². The first-order valence-electron chi connectivity index (χ1n) is 5.32. The van der Waals surface area contributed by atoms with Crippen molar-refractivity contribution in [3.8, 4) is 5.75 Å². The summed E-state index contributed by atoms with van der Waals surface area (Å²) in [6.45, 7) is 1.79. The van der Waals surface area contributed by atoms with Crippen LogP contribution in [-0.4, -0.2) is 24.0 Å². The van der Waals surface area contributed by atoms with Crippen molar-refractivity contribution in [2.45, 2.75) is 12.8 Å². The van der Waals surface area contributed by atoms with Crippen LogP contribution in [0.2, 0.25) is 0 Å². The molecule has 0 aliphatic carbocycles. The number of carbonyl (C=O) groups excluding carboxylic acids is 1. The normalized spacial score (nSPS) is 17.6. The summed E-state index contributed by atoms with van der Waals surface area (Å²) in [7, 11) is 0. The van der Waals surface area contributed by atoms with Crippen LogP contribution in [0.25, 0.3) is 0 Å². The molecule has 2 N–H and O–H groups in total. The van der Waals surface area contributed by atoms with Crippen LogP contribution in [0.1, 0.15) is 23.2 Å². The molecule has 1 saturated heterocycles. The van der Waals surface area contributed by atoms with Gasteiger partial charge in [0.15, 0.2) is 5.78 Å². The average molecular weight is 205 g/mol. The van der Waals surface area contributed by atoms with E-state index in [9.17, 15) is 9.90 Å². The van der Waals surface area contributed by atoms with Crippen LogP contribution >= 0.6 is 0 Å². The molecule has 80 valence electrons.